The maximum Gasteiger partial charge on any atom is 0.411 e. The van der Waals surface area contributed by atoms with E-state index in [0.29, 0.717) is 0 Å². The van der Waals surface area contributed by atoms with Gasteiger partial charge >= 0.3 is 6.09 Å². The molecule has 1 aromatic heterocycles. The van der Waals surface area contributed by atoms with Crippen molar-refractivity contribution in [1.82, 2.24) is 14.7 Å². The van der Waals surface area contributed by atoms with Gasteiger partial charge in [0.2, 0.25) is 0 Å². The molecule has 2 aromatic rings. The molecule has 5 heteroatoms. The van der Waals surface area contributed by atoms with Crippen molar-refractivity contribution in [3.63, 3.8) is 0 Å². The van der Waals surface area contributed by atoms with Gasteiger partial charge in [0, 0.05) is 18.5 Å². The number of carbonyl (C=O) groups is 1. The highest BCUT2D eigenvalue weighted by Crippen LogP contribution is 2.39. The molecule has 2 aliphatic rings. The molecule has 1 saturated heterocycles. The largest absolute Gasteiger partial charge is 0.444 e. The zero-order valence-electron chi connectivity index (χ0n) is 15.3. The van der Waals surface area contributed by atoms with Crippen LogP contribution >= 0.6 is 0 Å². The summed E-state index contributed by atoms with van der Waals surface area (Å²) in [7, 11) is 1.97. The SMILES string of the molecule is Cn1ncc2ccc(C3=CC4CCC(C3)N4C(=O)OC(C)(C)C)cc21. The van der Waals surface area contributed by atoms with Crippen LogP contribution in [0.1, 0.15) is 45.6 Å². The van der Waals surface area contributed by atoms with Crippen LogP contribution in [0.5, 0.6) is 0 Å². The predicted molar refractivity (Wildman–Crippen MR) is 98.2 cm³/mol. The van der Waals surface area contributed by atoms with E-state index in [1.54, 1.807) is 0 Å². The van der Waals surface area contributed by atoms with Gasteiger partial charge in [-0.1, -0.05) is 18.2 Å². The molecule has 1 amide bonds. The Balaban J connectivity index is 1.62. The molecule has 2 atom stereocenters. The van der Waals surface area contributed by atoms with Crippen LogP contribution in [-0.2, 0) is 11.8 Å². The molecule has 2 aliphatic heterocycles. The number of rotatable bonds is 1. The number of nitrogens with zero attached hydrogens (tertiary/aromatic N) is 3. The fourth-order valence-corrected chi connectivity index (χ4v) is 3.99. The Kier molecular flexibility index (Phi) is 3.63. The number of aryl methyl sites for hydroxylation is 1. The summed E-state index contributed by atoms with van der Waals surface area (Å²) in [5, 5.41) is 5.48. The lowest BCUT2D eigenvalue weighted by molar-refractivity contribution is 0.0175. The third kappa shape index (κ3) is 2.92. The molecule has 4 rings (SSSR count). The van der Waals surface area contributed by atoms with Crippen molar-refractivity contribution in [2.24, 2.45) is 7.05 Å². The summed E-state index contributed by atoms with van der Waals surface area (Å²) in [6, 6.07) is 6.88. The Hall–Kier alpha value is -2.30. The number of benzene rings is 1. The number of aromatic nitrogens is 2. The average molecular weight is 339 g/mol. The van der Waals surface area contributed by atoms with Crippen molar-refractivity contribution in [2.45, 2.75) is 57.7 Å². The van der Waals surface area contributed by atoms with Crippen LogP contribution < -0.4 is 0 Å². The lowest BCUT2D eigenvalue weighted by atomic mass is 9.94. The number of ether oxygens (including phenoxy) is 1. The van der Waals surface area contributed by atoms with E-state index in [1.165, 1.54) is 11.1 Å². The van der Waals surface area contributed by atoms with E-state index in [2.05, 4.69) is 29.4 Å². The van der Waals surface area contributed by atoms with Crippen LogP contribution in [0.2, 0.25) is 0 Å². The molecule has 0 saturated carbocycles. The van der Waals surface area contributed by atoms with Gasteiger partial charge < -0.3 is 4.74 Å². The van der Waals surface area contributed by atoms with Crippen LogP contribution in [-0.4, -0.2) is 38.5 Å². The number of hydrogen-bond acceptors (Lipinski definition) is 3. The predicted octanol–water partition coefficient (Wildman–Crippen LogP) is 4.13. The first-order valence-electron chi connectivity index (χ1n) is 8.96. The average Bonchev–Trinajstić information content (AvgIpc) is 3.03. The standard InChI is InChI=1S/C20H25N3O2/c1-20(2,3)25-19(24)23-16-7-8-17(23)10-15(9-16)13-5-6-14-12-21-22(4)18(14)11-13/h5-6,9,11-12,16-17H,7-8,10H2,1-4H3. The van der Waals surface area contributed by atoms with Gasteiger partial charge in [0.15, 0.2) is 0 Å². The van der Waals surface area contributed by atoms with E-state index in [9.17, 15) is 4.79 Å². The fraction of sp³-hybridized carbons (Fsp3) is 0.500. The molecule has 0 spiro atoms. The summed E-state index contributed by atoms with van der Waals surface area (Å²) >= 11 is 0. The van der Waals surface area contributed by atoms with Crippen molar-refractivity contribution in [3.8, 4) is 0 Å². The first-order valence-corrected chi connectivity index (χ1v) is 8.96. The van der Waals surface area contributed by atoms with Gasteiger partial charge in [-0.3, -0.25) is 9.58 Å². The van der Waals surface area contributed by atoms with E-state index in [-0.39, 0.29) is 18.2 Å². The molecule has 3 heterocycles. The molecule has 2 unspecified atom stereocenters. The molecule has 0 radical (unpaired) electrons. The van der Waals surface area contributed by atoms with Crippen molar-refractivity contribution < 1.29 is 9.53 Å². The zero-order valence-corrected chi connectivity index (χ0v) is 15.3. The second kappa shape index (κ2) is 5.61. The minimum absolute atomic E-state index is 0.144. The highest BCUT2D eigenvalue weighted by molar-refractivity contribution is 5.84. The lowest BCUT2D eigenvalue weighted by Crippen LogP contribution is -2.45. The molecule has 0 aliphatic carbocycles. The Morgan fingerprint density at radius 3 is 2.80 bits per heavy atom. The van der Waals surface area contributed by atoms with Crippen molar-refractivity contribution in [2.75, 3.05) is 0 Å². The van der Waals surface area contributed by atoms with Gasteiger partial charge in [-0.25, -0.2) is 4.79 Å². The summed E-state index contributed by atoms with van der Waals surface area (Å²) < 4.78 is 7.51. The van der Waals surface area contributed by atoms with E-state index in [4.69, 9.17) is 4.74 Å². The van der Waals surface area contributed by atoms with Crippen molar-refractivity contribution in [1.29, 1.82) is 0 Å². The minimum Gasteiger partial charge on any atom is -0.444 e. The number of fused-ring (bicyclic) bond motifs is 3. The maximum atomic E-state index is 12.6. The number of amides is 1. The van der Waals surface area contributed by atoms with Crippen LogP contribution in [0, 0.1) is 0 Å². The molecule has 132 valence electrons. The van der Waals surface area contributed by atoms with Gasteiger partial charge in [-0.2, -0.15) is 5.10 Å². The Morgan fingerprint density at radius 2 is 2.08 bits per heavy atom. The van der Waals surface area contributed by atoms with Crippen LogP contribution in [0.15, 0.2) is 30.5 Å². The molecule has 5 nitrogen and oxygen atoms in total. The molecular formula is C20H25N3O2. The maximum absolute atomic E-state index is 12.6. The monoisotopic (exact) mass is 339 g/mol. The summed E-state index contributed by atoms with van der Waals surface area (Å²) in [4.78, 5) is 14.5. The van der Waals surface area contributed by atoms with Crippen LogP contribution in [0.25, 0.3) is 16.5 Å². The highest BCUT2D eigenvalue weighted by Gasteiger charge is 2.41. The summed E-state index contributed by atoms with van der Waals surface area (Å²) in [6.45, 7) is 5.75. The lowest BCUT2D eigenvalue weighted by Gasteiger charge is -2.35. The smallest absolute Gasteiger partial charge is 0.411 e. The van der Waals surface area contributed by atoms with Gasteiger partial charge in [0.1, 0.15) is 5.60 Å². The third-order valence-corrected chi connectivity index (χ3v) is 5.12. The molecule has 1 aromatic carbocycles. The molecule has 0 N–H and O–H groups in total. The van der Waals surface area contributed by atoms with Crippen LogP contribution in [0.4, 0.5) is 4.79 Å². The quantitative estimate of drug-likeness (QED) is 0.785. The third-order valence-electron chi connectivity index (χ3n) is 5.12. The minimum atomic E-state index is -0.453. The van der Waals surface area contributed by atoms with E-state index in [1.807, 2.05) is 43.6 Å². The van der Waals surface area contributed by atoms with Gasteiger partial charge in [0.05, 0.1) is 17.8 Å². The molecule has 2 bridgehead atoms. The number of carbonyl (C=O) groups excluding carboxylic acids is 1. The number of hydrogen-bond donors (Lipinski definition) is 0. The van der Waals surface area contributed by atoms with Crippen LogP contribution in [0.3, 0.4) is 0 Å². The topological polar surface area (TPSA) is 47.4 Å². The Morgan fingerprint density at radius 1 is 1.28 bits per heavy atom. The van der Waals surface area contributed by atoms with Gasteiger partial charge in [-0.15, -0.1) is 0 Å². The Bertz CT molecular complexity index is 859. The first kappa shape index (κ1) is 16.2. The first-order chi connectivity index (χ1) is 11.8. The zero-order chi connectivity index (χ0) is 17.8. The summed E-state index contributed by atoms with van der Waals surface area (Å²) in [5.41, 5.74) is 3.25. The van der Waals surface area contributed by atoms with E-state index in [0.717, 1.165) is 30.2 Å². The van der Waals surface area contributed by atoms with Gasteiger partial charge in [-0.05, 0) is 57.2 Å². The Labute approximate surface area is 148 Å². The van der Waals surface area contributed by atoms with E-state index < -0.39 is 5.60 Å². The molecule has 25 heavy (non-hydrogen) atoms. The molecular weight excluding hydrogens is 314 g/mol. The second-order valence-corrected chi connectivity index (χ2v) is 8.12. The molecule has 1 fully saturated rings. The van der Waals surface area contributed by atoms with E-state index >= 15 is 0 Å². The van der Waals surface area contributed by atoms with Crippen molar-refractivity contribution >= 4 is 22.6 Å². The fourth-order valence-electron chi connectivity index (χ4n) is 3.99. The van der Waals surface area contributed by atoms with Gasteiger partial charge in [0.25, 0.3) is 0 Å². The second-order valence-electron chi connectivity index (χ2n) is 8.12. The normalized spacial score (nSPS) is 23.0. The highest BCUT2D eigenvalue weighted by atomic mass is 16.6. The summed E-state index contributed by atoms with van der Waals surface area (Å²) in [5.74, 6) is 0. The summed E-state index contributed by atoms with van der Waals surface area (Å²) in [6.07, 6.45) is 6.91. The van der Waals surface area contributed by atoms with Crippen molar-refractivity contribution in [3.05, 3.63) is 36.0 Å².